The summed E-state index contributed by atoms with van der Waals surface area (Å²) >= 11 is 0. The highest BCUT2D eigenvalue weighted by molar-refractivity contribution is 6.02. The molecule has 6 nitrogen and oxygen atoms in total. The third-order valence-electron chi connectivity index (χ3n) is 3.26. The van der Waals surface area contributed by atoms with Gasteiger partial charge < -0.3 is 17.2 Å². The topological polar surface area (TPSA) is 118 Å². The summed E-state index contributed by atoms with van der Waals surface area (Å²) in [6, 6.07) is 29.7. The summed E-state index contributed by atoms with van der Waals surface area (Å²) < 4.78 is 0. The van der Waals surface area contributed by atoms with Gasteiger partial charge in [-0.3, -0.25) is 10.3 Å². The number of aliphatic imine (C=N–C) groups is 1. The lowest BCUT2D eigenvalue weighted by atomic mass is 10.2. The molecule has 3 aromatic carbocycles. The van der Waals surface area contributed by atoms with E-state index in [1.165, 1.54) is 0 Å². The summed E-state index contributed by atoms with van der Waals surface area (Å²) in [4.78, 5) is 6.47. The highest BCUT2D eigenvalue weighted by atomic mass is 15.3. The molecule has 0 saturated carbocycles. The zero-order valence-electron chi connectivity index (χ0n) is 14.3. The van der Waals surface area contributed by atoms with Crippen LogP contribution in [0.15, 0.2) is 96.0 Å². The molecule has 0 bridgehead atoms. The molecule has 132 valence electrons. The quantitative estimate of drug-likeness (QED) is 0.430. The van der Waals surface area contributed by atoms with Crippen LogP contribution in [0.4, 0.5) is 17.1 Å². The molecule has 3 aromatic rings. The maximum atomic E-state index is 6.29. The molecule has 26 heavy (non-hydrogen) atoms. The molecule has 6 heteroatoms. The van der Waals surface area contributed by atoms with E-state index in [4.69, 9.17) is 11.1 Å². The highest BCUT2D eigenvalue weighted by Crippen LogP contribution is 2.25. The second-order valence-electron chi connectivity index (χ2n) is 5.27. The van der Waals surface area contributed by atoms with E-state index in [0.29, 0.717) is 5.96 Å². The summed E-state index contributed by atoms with van der Waals surface area (Å²) in [7, 11) is 0. The van der Waals surface area contributed by atoms with Crippen molar-refractivity contribution in [1.29, 1.82) is 5.41 Å². The minimum atomic E-state index is -0.333. The Kier molecular flexibility index (Phi) is 6.76. The van der Waals surface area contributed by atoms with Gasteiger partial charge in [0.1, 0.15) is 0 Å². The fourth-order valence-electron chi connectivity index (χ4n) is 2.25. The van der Waals surface area contributed by atoms with Crippen LogP contribution in [-0.4, -0.2) is 11.9 Å². The monoisotopic (exact) mass is 346 g/mol. The first kappa shape index (κ1) is 18.5. The van der Waals surface area contributed by atoms with Crippen LogP contribution < -0.4 is 22.1 Å². The molecule has 0 saturated heterocycles. The number of para-hydroxylation sites is 3. The first-order chi connectivity index (χ1) is 12.6. The van der Waals surface area contributed by atoms with Crippen molar-refractivity contribution in [3.63, 3.8) is 0 Å². The van der Waals surface area contributed by atoms with E-state index >= 15 is 0 Å². The van der Waals surface area contributed by atoms with Gasteiger partial charge in [-0.1, -0.05) is 54.6 Å². The number of nitrogens with zero attached hydrogens (tertiary/aromatic N) is 2. The second-order valence-corrected chi connectivity index (χ2v) is 5.27. The molecular formula is C20H22N6. The maximum Gasteiger partial charge on any atom is 0.205 e. The predicted molar refractivity (Wildman–Crippen MR) is 109 cm³/mol. The standard InChI is InChI=1S/C19H17N3.CH5N3/c20-19(21-16-10-4-1-5-11-16)22(17-12-6-2-7-13-17)18-14-8-3-9-15-18;2-1(3)4/h1-15H,(H2,20,21);(H5,2,3,4). The molecule has 0 amide bonds. The number of rotatable bonds is 3. The molecule has 0 radical (unpaired) electrons. The normalized spacial score (nSPS) is 10.4. The molecule has 0 unspecified atom stereocenters. The maximum absolute atomic E-state index is 6.29. The van der Waals surface area contributed by atoms with E-state index < -0.39 is 0 Å². The van der Waals surface area contributed by atoms with E-state index in [9.17, 15) is 0 Å². The third kappa shape index (κ3) is 5.68. The van der Waals surface area contributed by atoms with E-state index in [-0.39, 0.29) is 5.96 Å². The number of nitrogens with one attached hydrogen (secondary N) is 1. The minimum Gasteiger partial charge on any atom is -0.370 e. The molecule has 0 fully saturated rings. The predicted octanol–water partition coefficient (Wildman–Crippen LogP) is 3.31. The molecular weight excluding hydrogens is 324 g/mol. The van der Waals surface area contributed by atoms with Gasteiger partial charge in [0.15, 0.2) is 5.96 Å². The van der Waals surface area contributed by atoms with E-state index in [1.807, 2.05) is 95.9 Å². The highest BCUT2D eigenvalue weighted by Gasteiger charge is 2.12. The average molecular weight is 346 g/mol. The molecule has 0 heterocycles. The van der Waals surface area contributed by atoms with Crippen molar-refractivity contribution in [1.82, 2.24) is 0 Å². The van der Waals surface area contributed by atoms with Crippen molar-refractivity contribution >= 4 is 29.0 Å². The molecule has 0 aliphatic carbocycles. The van der Waals surface area contributed by atoms with Gasteiger partial charge in [0.25, 0.3) is 0 Å². The summed E-state index contributed by atoms with van der Waals surface area (Å²) in [5.41, 5.74) is 18.0. The molecule has 0 spiro atoms. The number of hydrogen-bond acceptors (Lipinski definition) is 2. The summed E-state index contributed by atoms with van der Waals surface area (Å²) in [5.74, 6) is 0.101. The molecule has 0 atom stereocenters. The van der Waals surface area contributed by atoms with Crippen molar-refractivity contribution in [3.05, 3.63) is 91.0 Å². The third-order valence-corrected chi connectivity index (χ3v) is 3.26. The average Bonchev–Trinajstić information content (AvgIpc) is 2.64. The lowest BCUT2D eigenvalue weighted by Crippen LogP contribution is -2.33. The Hall–Kier alpha value is -3.80. The number of anilines is 2. The fourth-order valence-corrected chi connectivity index (χ4v) is 2.25. The number of benzene rings is 3. The van der Waals surface area contributed by atoms with Crippen LogP contribution in [0.3, 0.4) is 0 Å². The molecule has 7 N–H and O–H groups in total. The Balaban J connectivity index is 0.000000552. The second kappa shape index (κ2) is 9.48. The van der Waals surface area contributed by atoms with E-state index in [0.717, 1.165) is 17.1 Å². The molecule has 0 aliphatic rings. The zero-order valence-corrected chi connectivity index (χ0v) is 14.3. The van der Waals surface area contributed by atoms with Crippen molar-refractivity contribution in [3.8, 4) is 0 Å². The van der Waals surface area contributed by atoms with Crippen LogP contribution in [0, 0.1) is 5.41 Å². The lowest BCUT2D eigenvalue weighted by Gasteiger charge is -2.23. The Morgan fingerprint density at radius 2 is 1.00 bits per heavy atom. The summed E-state index contributed by atoms with van der Waals surface area (Å²) in [6.07, 6.45) is 0. The van der Waals surface area contributed by atoms with Gasteiger partial charge in [-0.15, -0.1) is 0 Å². The lowest BCUT2D eigenvalue weighted by molar-refractivity contribution is 1.28. The van der Waals surface area contributed by atoms with Crippen LogP contribution >= 0.6 is 0 Å². The fraction of sp³-hybridized carbons (Fsp3) is 0. The Labute approximate surface area is 153 Å². The smallest absolute Gasteiger partial charge is 0.205 e. The Morgan fingerprint density at radius 1 is 0.654 bits per heavy atom. The molecule has 0 aliphatic heterocycles. The summed E-state index contributed by atoms with van der Waals surface area (Å²) in [5, 5.41) is 6.06. The van der Waals surface area contributed by atoms with E-state index in [2.05, 4.69) is 16.5 Å². The first-order valence-corrected chi connectivity index (χ1v) is 7.97. The summed E-state index contributed by atoms with van der Waals surface area (Å²) in [6.45, 7) is 0. The van der Waals surface area contributed by atoms with Crippen LogP contribution in [-0.2, 0) is 0 Å². The van der Waals surface area contributed by atoms with Crippen LogP contribution in [0.2, 0.25) is 0 Å². The van der Waals surface area contributed by atoms with Crippen molar-refractivity contribution in [2.45, 2.75) is 0 Å². The Morgan fingerprint density at radius 3 is 1.38 bits per heavy atom. The SMILES string of the molecule is N=C(N)N.NC(=Nc1ccccc1)N(c1ccccc1)c1ccccc1. The van der Waals surface area contributed by atoms with Crippen LogP contribution in [0.5, 0.6) is 0 Å². The molecule has 0 aromatic heterocycles. The van der Waals surface area contributed by atoms with Crippen molar-refractivity contribution < 1.29 is 0 Å². The zero-order chi connectivity index (χ0) is 18.8. The van der Waals surface area contributed by atoms with Gasteiger partial charge in [0.2, 0.25) is 5.96 Å². The number of guanidine groups is 2. The van der Waals surface area contributed by atoms with E-state index in [1.54, 1.807) is 0 Å². The van der Waals surface area contributed by atoms with Crippen molar-refractivity contribution in [2.75, 3.05) is 4.90 Å². The van der Waals surface area contributed by atoms with Gasteiger partial charge in [-0.2, -0.15) is 0 Å². The van der Waals surface area contributed by atoms with Crippen LogP contribution in [0.25, 0.3) is 0 Å². The first-order valence-electron chi connectivity index (χ1n) is 7.97. The van der Waals surface area contributed by atoms with Gasteiger partial charge in [-0.25, -0.2) is 4.99 Å². The molecule has 3 rings (SSSR count). The van der Waals surface area contributed by atoms with Crippen LogP contribution in [0.1, 0.15) is 0 Å². The van der Waals surface area contributed by atoms with Crippen molar-refractivity contribution in [2.24, 2.45) is 22.2 Å². The largest absolute Gasteiger partial charge is 0.370 e. The Bertz CT molecular complexity index is 788. The number of nitrogens with two attached hydrogens (primary N) is 3. The van der Waals surface area contributed by atoms with Gasteiger partial charge >= 0.3 is 0 Å². The number of hydrogen-bond donors (Lipinski definition) is 4. The van der Waals surface area contributed by atoms with Gasteiger partial charge in [0, 0.05) is 11.4 Å². The van der Waals surface area contributed by atoms with Gasteiger partial charge in [-0.05, 0) is 36.4 Å². The minimum absolute atomic E-state index is 0.333. The van der Waals surface area contributed by atoms with Gasteiger partial charge in [0.05, 0.1) is 5.69 Å².